The molecule has 1 aliphatic rings. The van der Waals surface area contributed by atoms with Gasteiger partial charge in [-0.15, -0.1) is 0 Å². The van der Waals surface area contributed by atoms with Gasteiger partial charge in [0.2, 0.25) is 0 Å². The SMILES string of the molecule is CCOC(=O)C1=CN(Cc2ccc(Cl)cc2)C=C(C(=O)OCC)C1c1ccc(Br)cc1. The average molecular weight is 505 g/mol. The topological polar surface area (TPSA) is 55.8 Å². The molecular formula is C24H23BrClNO4. The summed E-state index contributed by atoms with van der Waals surface area (Å²) in [6, 6.07) is 14.9. The molecule has 1 heterocycles. The van der Waals surface area contributed by atoms with E-state index in [0.717, 1.165) is 15.6 Å². The van der Waals surface area contributed by atoms with Crippen LogP contribution in [0.2, 0.25) is 5.02 Å². The molecule has 0 saturated carbocycles. The van der Waals surface area contributed by atoms with Crippen LogP contribution in [0, 0.1) is 0 Å². The number of ether oxygens (including phenoxy) is 2. The van der Waals surface area contributed by atoms with Crippen LogP contribution in [0.5, 0.6) is 0 Å². The summed E-state index contributed by atoms with van der Waals surface area (Å²) in [5.74, 6) is -1.52. The second-order valence-electron chi connectivity index (χ2n) is 6.89. The van der Waals surface area contributed by atoms with Gasteiger partial charge in [0.15, 0.2) is 0 Å². The van der Waals surface area contributed by atoms with Crippen LogP contribution in [-0.4, -0.2) is 30.1 Å². The second-order valence-corrected chi connectivity index (χ2v) is 8.25. The first-order valence-electron chi connectivity index (χ1n) is 9.96. The van der Waals surface area contributed by atoms with Crippen molar-refractivity contribution in [3.8, 4) is 0 Å². The molecule has 0 aliphatic carbocycles. The summed E-state index contributed by atoms with van der Waals surface area (Å²) < 4.78 is 11.5. The van der Waals surface area contributed by atoms with Crippen molar-refractivity contribution in [2.24, 2.45) is 0 Å². The van der Waals surface area contributed by atoms with Gasteiger partial charge in [-0.2, -0.15) is 0 Å². The number of halogens is 2. The summed E-state index contributed by atoms with van der Waals surface area (Å²) in [6.07, 6.45) is 3.48. The minimum Gasteiger partial charge on any atom is -0.463 e. The van der Waals surface area contributed by atoms with Crippen LogP contribution in [0.1, 0.15) is 30.9 Å². The molecule has 0 aromatic heterocycles. The highest BCUT2D eigenvalue weighted by Crippen LogP contribution is 2.38. The van der Waals surface area contributed by atoms with Crippen molar-refractivity contribution in [3.05, 3.63) is 92.7 Å². The molecule has 0 saturated heterocycles. The molecule has 5 nitrogen and oxygen atoms in total. The van der Waals surface area contributed by atoms with E-state index in [1.807, 2.05) is 36.4 Å². The number of carbonyl (C=O) groups excluding carboxylic acids is 2. The lowest BCUT2D eigenvalue weighted by Gasteiger charge is -2.30. The Labute approximate surface area is 195 Å². The maximum absolute atomic E-state index is 12.9. The quantitative estimate of drug-likeness (QED) is 0.460. The fraction of sp³-hybridized carbons (Fsp3) is 0.250. The number of benzene rings is 2. The van der Waals surface area contributed by atoms with Crippen LogP contribution < -0.4 is 0 Å². The van der Waals surface area contributed by atoms with Crippen molar-refractivity contribution >= 4 is 39.5 Å². The van der Waals surface area contributed by atoms with E-state index in [-0.39, 0.29) is 13.2 Å². The molecule has 0 fully saturated rings. The third kappa shape index (κ3) is 5.77. The highest BCUT2D eigenvalue weighted by atomic mass is 79.9. The Morgan fingerprint density at radius 1 is 0.903 bits per heavy atom. The summed E-state index contributed by atoms with van der Waals surface area (Å²) in [6.45, 7) is 4.43. The second kappa shape index (κ2) is 10.6. The van der Waals surface area contributed by atoms with Crippen molar-refractivity contribution < 1.29 is 19.1 Å². The first-order valence-corrected chi connectivity index (χ1v) is 11.1. The van der Waals surface area contributed by atoms with Crippen molar-refractivity contribution in [1.29, 1.82) is 0 Å². The van der Waals surface area contributed by atoms with E-state index >= 15 is 0 Å². The largest absolute Gasteiger partial charge is 0.463 e. The van der Waals surface area contributed by atoms with Gasteiger partial charge in [-0.1, -0.05) is 51.8 Å². The highest BCUT2D eigenvalue weighted by Gasteiger charge is 2.35. The molecule has 31 heavy (non-hydrogen) atoms. The predicted octanol–water partition coefficient (Wildman–Crippen LogP) is 5.60. The fourth-order valence-electron chi connectivity index (χ4n) is 3.39. The summed E-state index contributed by atoms with van der Waals surface area (Å²) in [7, 11) is 0. The van der Waals surface area contributed by atoms with E-state index in [4.69, 9.17) is 21.1 Å². The summed E-state index contributed by atoms with van der Waals surface area (Å²) in [5.41, 5.74) is 2.53. The highest BCUT2D eigenvalue weighted by molar-refractivity contribution is 9.10. The zero-order valence-corrected chi connectivity index (χ0v) is 19.7. The Morgan fingerprint density at radius 2 is 1.42 bits per heavy atom. The van der Waals surface area contributed by atoms with Gasteiger partial charge in [0.25, 0.3) is 0 Å². The van der Waals surface area contributed by atoms with Gasteiger partial charge in [-0.3, -0.25) is 0 Å². The number of nitrogens with zero attached hydrogens (tertiary/aromatic N) is 1. The Bertz CT molecular complexity index is 963. The summed E-state index contributed by atoms with van der Waals surface area (Å²) >= 11 is 9.42. The van der Waals surface area contributed by atoms with Gasteiger partial charge in [-0.25, -0.2) is 9.59 Å². The van der Waals surface area contributed by atoms with Crippen LogP contribution in [0.4, 0.5) is 0 Å². The van der Waals surface area contributed by atoms with Crippen molar-refractivity contribution in [2.75, 3.05) is 13.2 Å². The first kappa shape index (κ1) is 23.1. The third-order valence-electron chi connectivity index (χ3n) is 4.74. The molecule has 0 unspecified atom stereocenters. The molecule has 0 spiro atoms. The van der Waals surface area contributed by atoms with Crippen molar-refractivity contribution in [1.82, 2.24) is 4.90 Å². The smallest absolute Gasteiger partial charge is 0.336 e. The van der Waals surface area contributed by atoms with E-state index < -0.39 is 17.9 Å². The Hall–Kier alpha value is -2.57. The maximum Gasteiger partial charge on any atom is 0.336 e. The van der Waals surface area contributed by atoms with E-state index in [9.17, 15) is 9.59 Å². The summed E-state index contributed by atoms with van der Waals surface area (Å²) in [4.78, 5) is 27.6. The number of hydrogen-bond donors (Lipinski definition) is 0. The lowest BCUT2D eigenvalue weighted by Crippen LogP contribution is -2.29. The van der Waals surface area contributed by atoms with Gasteiger partial charge in [-0.05, 0) is 49.2 Å². The zero-order chi connectivity index (χ0) is 22.4. The zero-order valence-electron chi connectivity index (χ0n) is 17.3. The molecule has 162 valence electrons. The van der Waals surface area contributed by atoms with Crippen LogP contribution in [0.25, 0.3) is 0 Å². The molecule has 2 aromatic rings. The van der Waals surface area contributed by atoms with Crippen LogP contribution in [0.3, 0.4) is 0 Å². The maximum atomic E-state index is 12.9. The standard InChI is InChI=1S/C24H23BrClNO4/c1-3-30-23(28)20-14-27(13-16-5-11-19(26)12-6-16)15-21(24(29)31-4-2)22(20)17-7-9-18(25)10-8-17/h5-12,14-15,22H,3-4,13H2,1-2H3. The van der Waals surface area contributed by atoms with Gasteiger partial charge in [0, 0.05) is 28.4 Å². The van der Waals surface area contributed by atoms with E-state index in [0.29, 0.717) is 22.7 Å². The molecule has 0 radical (unpaired) electrons. The van der Waals surface area contributed by atoms with Gasteiger partial charge in [0.1, 0.15) is 0 Å². The lowest BCUT2D eigenvalue weighted by molar-refractivity contribution is -0.139. The summed E-state index contributed by atoms with van der Waals surface area (Å²) in [5, 5.41) is 0.642. The number of rotatable bonds is 7. The molecule has 7 heteroatoms. The van der Waals surface area contributed by atoms with E-state index in [1.165, 1.54) is 0 Å². The van der Waals surface area contributed by atoms with Crippen molar-refractivity contribution in [2.45, 2.75) is 26.3 Å². The monoisotopic (exact) mass is 503 g/mol. The van der Waals surface area contributed by atoms with Gasteiger partial charge < -0.3 is 14.4 Å². The average Bonchev–Trinajstić information content (AvgIpc) is 2.76. The van der Waals surface area contributed by atoms with Crippen LogP contribution in [0.15, 0.2) is 76.5 Å². The minimum atomic E-state index is -0.590. The third-order valence-corrected chi connectivity index (χ3v) is 5.52. The minimum absolute atomic E-state index is 0.235. The number of carbonyl (C=O) groups is 2. The predicted molar refractivity (Wildman–Crippen MR) is 123 cm³/mol. The molecule has 1 aliphatic heterocycles. The van der Waals surface area contributed by atoms with Gasteiger partial charge >= 0.3 is 11.9 Å². The van der Waals surface area contributed by atoms with Crippen molar-refractivity contribution in [3.63, 3.8) is 0 Å². The Morgan fingerprint density at radius 3 is 1.90 bits per heavy atom. The number of hydrogen-bond acceptors (Lipinski definition) is 5. The Balaban J connectivity index is 2.06. The van der Waals surface area contributed by atoms with E-state index in [2.05, 4.69) is 15.9 Å². The number of esters is 2. The molecule has 0 amide bonds. The molecule has 0 atom stereocenters. The molecule has 0 bridgehead atoms. The van der Waals surface area contributed by atoms with Crippen LogP contribution in [-0.2, 0) is 25.6 Å². The molecular weight excluding hydrogens is 482 g/mol. The fourth-order valence-corrected chi connectivity index (χ4v) is 3.78. The van der Waals surface area contributed by atoms with Gasteiger partial charge in [0.05, 0.1) is 30.3 Å². The van der Waals surface area contributed by atoms with E-state index in [1.54, 1.807) is 43.3 Å². The van der Waals surface area contributed by atoms with Crippen LogP contribution >= 0.6 is 27.5 Å². The Kier molecular flexibility index (Phi) is 7.93. The molecule has 2 aromatic carbocycles. The first-order chi connectivity index (χ1) is 14.9. The lowest BCUT2D eigenvalue weighted by atomic mass is 9.83. The molecule has 3 rings (SSSR count). The molecule has 0 N–H and O–H groups in total. The normalized spacial score (nSPS) is 14.0.